The van der Waals surface area contributed by atoms with Gasteiger partial charge >= 0.3 is 0 Å². The number of anilines is 1. The Bertz CT molecular complexity index is 572. The highest BCUT2D eigenvalue weighted by molar-refractivity contribution is 7.89. The van der Waals surface area contributed by atoms with Crippen LogP contribution in [0.4, 0.5) is 5.69 Å². The van der Waals surface area contributed by atoms with E-state index in [1.807, 2.05) is 20.8 Å². The molecule has 0 aliphatic rings. The zero-order valence-electron chi connectivity index (χ0n) is 12.0. The van der Waals surface area contributed by atoms with Crippen LogP contribution in [0.3, 0.4) is 0 Å². The van der Waals surface area contributed by atoms with Gasteiger partial charge in [-0.2, -0.15) is 4.31 Å². The molecule has 5 heteroatoms. The molecule has 0 fully saturated rings. The Morgan fingerprint density at radius 2 is 1.95 bits per heavy atom. The molecule has 0 radical (unpaired) electrons. The van der Waals surface area contributed by atoms with Crippen molar-refractivity contribution >= 4 is 15.7 Å². The van der Waals surface area contributed by atoms with Gasteiger partial charge in [0, 0.05) is 17.8 Å². The van der Waals surface area contributed by atoms with Gasteiger partial charge in [-0.25, -0.2) is 8.42 Å². The van der Waals surface area contributed by atoms with Gasteiger partial charge in [0.25, 0.3) is 0 Å². The Morgan fingerprint density at radius 3 is 2.37 bits per heavy atom. The van der Waals surface area contributed by atoms with E-state index in [9.17, 15) is 8.42 Å². The molecule has 106 valence electrons. The van der Waals surface area contributed by atoms with Gasteiger partial charge in [0.15, 0.2) is 0 Å². The largest absolute Gasteiger partial charge is 0.399 e. The summed E-state index contributed by atoms with van der Waals surface area (Å²) in [5, 5.41) is 0. The maximum absolute atomic E-state index is 12.7. The lowest BCUT2D eigenvalue weighted by Crippen LogP contribution is -2.45. The van der Waals surface area contributed by atoms with Crippen LogP contribution in [0.1, 0.15) is 26.3 Å². The SMILES string of the molecule is C=CCN(C(C)(C)C)S(=O)(=O)c1ccc(N)c(C)c1. The quantitative estimate of drug-likeness (QED) is 0.682. The van der Waals surface area contributed by atoms with Crippen molar-refractivity contribution in [2.45, 2.75) is 38.1 Å². The Hall–Kier alpha value is -1.33. The first-order valence-corrected chi connectivity index (χ1v) is 7.54. The summed E-state index contributed by atoms with van der Waals surface area (Å²) in [5.74, 6) is 0. The lowest BCUT2D eigenvalue weighted by Gasteiger charge is -2.33. The van der Waals surface area contributed by atoms with E-state index >= 15 is 0 Å². The first-order valence-electron chi connectivity index (χ1n) is 6.10. The van der Waals surface area contributed by atoms with Crippen molar-refractivity contribution < 1.29 is 8.42 Å². The van der Waals surface area contributed by atoms with Crippen LogP contribution in [0.25, 0.3) is 0 Å². The maximum Gasteiger partial charge on any atom is 0.243 e. The molecular formula is C14H22N2O2S. The number of nitrogens with zero attached hydrogens (tertiary/aromatic N) is 1. The van der Waals surface area contributed by atoms with Crippen molar-refractivity contribution in [3.8, 4) is 0 Å². The van der Waals surface area contributed by atoms with Gasteiger partial charge in [-0.3, -0.25) is 0 Å². The van der Waals surface area contributed by atoms with Crippen molar-refractivity contribution in [1.82, 2.24) is 4.31 Å². The summed E-state index contributed by atoms with van der Waals surface area (Å²) < 4.78 is 26.8. The average Bonchev–Trinajstić information content (AvgIpc) is 2.27. The van der Waals surface area contributed by atoms with E-state index in [0.29, 0.717) is 5.69 Å². The number of nitrogens with two attached hydrogens (primary N) is 1. The van der Waals surface area contributed by atoms with Crippen molar-refractivity contribution in [2.24, 2.45) is 0 Å². The van der Waals surface area contributed by atoms with E-state index in [0.717, 1.165) is 5.56 Å². The second-order valence-electron chi connectivity index (χ2n) is 5.51. The fourth-order valence-corrected chi connectivity index (χ4v) is 3.63. The van der Waals surface area contributed by atoms with E-state index in [4.69, 9.17) is 5.73 Å². The number of benzene rings is 1. The molecule has 1 rings (SSSR count). The molecule has 0 unspecified atom stereocenters. The summed E-state index contributed by atoms with van der Waals surface area (Å²) in [6.07, 6.45) is 1.59. The van der Waals surface area contributed by atoms with Gasteiger partial charge in [0.1, 0.15) is 0 Å². The topological polar surface area (TPSA) is 63.4 Å². The number of hydrogen-bond acceptors (Lipinski definition) is 3. The molecule has 0 heterocycles. The van der Waals surface area contributed by atoms with Crippen LogP contribution >= 0.6 is 0 Å². The fraction of sp³-hybridized carbons (Fsp3) is 0.429. The molecule has 0 aliphatic heterocycles. The molecule has 4 nitrogen and oxygen atoms in total. The molecule has 0 saturated heterocycles. The van der Waals surface area contributed by atoms with Crippen molar-refractivity contribution in [2.75, 3.05) is 12.3 Å². The molecule has 0 saturated carbocycles. The van der Waals surface area contributed by atoms with Crippen LogP contribution in [-0.2, 0) is 10.0 Å². The second kappa shape index (κ2) is 5.35. The standard InChI is InChI=1S/C14H22N2O2S/c1-6-9-16(14(3,4)5)19(17,18)12-7-8-13(15)11(2)10-12/h6-8,10H,1,9,15H2,2-5H3. The number of nitrogen functional groups attached to an aromatic ring is 1. The van der Waals surface area contributed by atoms with Crippen LogP contribution in [-0.4, -0.2) is 24.8 Å². The summed E-state index contributed by atoms with van der Waals surface area (Å²) in [6.45, 7) is 11.3. The van der Waals surface area contributed by atoms with Gasteiger partial charge in [0.2, 0.25) is 10.0 Å². The molecule has 0 spiro atoms. The van der Waals surface area contributed by atoms with Crippen LogP contribution in [0.15, 0.2) is 35.7 Å². The normalized spacial score (nSPS) is 12.7. The maximum atomic E-state index is 12.7. The summed E-state index contributed by atoms with van der Waals surface area (Å²) in [4.78, 5) is 0.260. The Morgan fingerprint density at radius 1 is 1.37 bits per heavy atom. The predicted octanol–water partition coefficient (Wildman–Crippen LogP) is 2.55. The van der Waals surface area contributed by atoms with Crippen molar-refractivity contribution in [3.05, 3.63) is 36.4 Å². The Kier molecular flexibility index (Phi) is 4.43. The van der Waals surface area contributed by atoms with E-state index in [1.54, 1.807) is 31.2 Å². The monoisotopic (exact) mass is 282 g/mol. The molecule has 1 aromatic carbocycles. The number of sulfonamides is 1. The lowest BCUT2D eigenvalue weighted by atomic mass is 10.1. The van der Waals surface area contributed by atoms with E-state index in [2.05, 4.69) is 6.58 Å². The van der Waals surface area contributed by atoms with Crippen LogP contribution in [0.5, 0.6) is 0 Å². The van der Waals surface area contributed by atoms with Crippen LogP contribution in [0.2, 0.25) is 0 Å². The van der Waals surface area contributed by atoms with Gasteiger partial charge in [-0.1, -0.05) is 6.08 Å². The van der Waals surface area contributed by atoms with E-state index < -0.39 is 15.6 Å². The van der Waals surface area contributed by atoms with Crippen molar-refractivity contribution in [3.63, 3.8) is 0 Å². The van der Waals surface area contributed by atoms with Crippen molar-refractivity contribution in [1.29, 1.82) is 0 Å². The third kappa shape index (κ3) is 3.36. The van der Waals surface area contributed by atoms with Gasteiger partial charge in [0.05, 0.1) is 4.90 Å². The molecule has 0 bridgehead atoms. The summed E-state index contributed by atoms with van der Waals surface area (Å²) in [6, 6.07) is 4.77. The third-order valence-corrected chi connectivity index (χ3v) is 5.00. The third-order valence-electron chi connectivity index (χ3n) is 2.87. The average molecular weight is 282 g/mol. The van der Waals surface area contributed by atoms with Gasteiger partial charge in [-0.15, -0.1) is 6.58 Å². The summed E-state index contributed by atoms with van der Waals surface area (Å²) in [7, 11) is -3.55. The van der Waals surface area contributed by atoms with Crippen LogP contribution in [0, 0.1) is 6.92 Å². The molecule has 0 atom stereocenters. The summed E-state index contributed by atoms with van der Waals surface area (Å²) >= 11 is 0. The first-order chi connectivity index (χ1) is 8.60. The Labute approximate surface area is 116 Å². The molecule has 19 heavy (non-hydrogen) atoms. The summed E-state index contributed by atoms with van der Waals surface area (Å²) in [5.41, 5.74) is 6.56. The smallest absolute Gasteiger partial charge is 0.243 e. The minimum absolute atomic E-state index is 0.260. The zero-order valence-corrected chi connectivity index (χ0v) is 12.8. The highest BCUT2D eigenvalue weighted by Gasteiger charge is 2.33. The number of aryl methyl sites for hydroxylation is 1. The zero-order chi connectivity index (χ0) is 14.8. The molecule has 0 amide bonds. The first kappa shape index (κ1) is 15.7. The Balaban J connectivity index is 3.34. The highest BCUT2D eigenvalue weighted by Crippen LogP contribution is 2.26. The minimum atomic E-state index is -3.55. The lowest BCUT2D eigenvalue weighted by molar-refractivity contribution is 0.270. The minimum Gasteiger partial charge on any atom is -0.399 e. The number of rotatable bonds is 4. The molecule has 0 aliphatic carbocycles. The van der Waals surface area contributed by atoms with E-state index in [1.165, 1.54) is 4.31 Å². The number of hydrogen-bond donors (Lipinski definition) is 1. The molecule has 1 aromatic rings. The van der Waals surface area contributed by atoms with Crippen LogP contribution < -0.4 is 5.73 Å². The molecular weight excluding hydrogens is 260 g/mol. The second-order valence-corrected chi connectivity index (χ2v) is 7.38. The highest BCUT2D eigenvalue weighted by atomic mass is 32.2. The fourth-order valence-electron chi connectivity index (χ4n) is 1.79. The molecule has 2 N–H and O–H groups in total. The van der Waals surface area contributed by atoms with E-state index in [-0.39, 0.29) is 11.4 Å². The van der Waals surface area contributed by atoms with Gasteiger partial charge < -0.3 is 5.73 Å². The van der Waals surface area contributed by atoms with Gasteiger partial charge in [-0.05, 0) is 51.5 Å². The molecule has 0 aromatic heterocycles. The predicted molar refractivity (Wildman–Crippen MR) is 79.4 cm³/mol.